The van der Waals surface area contributed by atoms with E-state index in [9.17, 15) is 4.39 Å². The monoisotopic (exact) mass is 282 g/mol. The van der Waals surface area contributed by atoms with Crippen LogP contribution in [0.25, 0.3) is 17.1 Å². The smallest absolute Gasteiger partial charge is 0.168 e. The number of nitrogens with two attached hydrogens (primary N) is 1. The van der Waals surface area contributed by atoms with Crippen molar-refractivity contribution < 1.29 is 4.39 Å². The highest BCUT2D eigenvalue weighted by atomic mass is 19.1. The van der Waals surface area contributed by atoms with Gasteiger partial charge in [-0.2, -0.15) is 0 Å². The lowest BCUT2D eigenvalue weighted by Gasteiger charge is -2.10. The third kappa shape index (κ3) is 2.43. The zero-order chi connectivity index (χ0) is 14.8. The van der Waals surface area contributed by atoms with Gasteiger partial charge in [0.05, 0.1) is 6.54 Å². The minimum atomic E-state index is -0.260. The largest absolute Gasteiger partial charge is 0.324 e. The number of benzene rings is 2. The van der Waals surface area contributed by atoms with Crippen LogP contribution in [-0.4, -0.2) is 14.8 Å². The summed E-state index contributed by atoms with van der Waals surface area (Å²) in [5.74, 6) is 0.960. The summed E-state index contributed by atoms with van der Waals surface area (Å²) in [6.07, 6.45) is 0. The van der Waals surface area contributed by atoms with Gasteiger partial charge in [0, 0.05) is 11.3 Å². The Labute approximate surface area is 122 Å². The lowest BCUT2D eigenvalue weighted by Crippen LogP contribution is -2.07. The van der Waals surface area contributed by atoms with E-state index in [1.807, 2.05) is 41.0 Å². The zero-order valence-corrected chi connectivity index (χ0v) is 11.6. The van der Waals surface area contributed by atoms with E-state index in [2.05, 4.69) is 10.2 Å². The van der Waals surface area contributed by atoms with Gasteiger partial charge in [0.25, 0.3) is 0 Å². The number of hydrogen-bond acceptors (Lipinski definition) is 3. The lowest BCUT2D eigenvalue weighted by atomic mass is 10.1. The summed E-state index contributed by atoms with van der Waals surface area (Å²) in [4.78, 5) is 0. The third-order valence-electron chi connectivity index (χ3n) is 3.36. The van der Waals surface area contributed by atoms with Gasteiger partial charge in [0.1, 0.15) is 5.82 Å². The Hall–Kier alpha value is -2.53. The van der Waals surface area contributed by atoms with E-state index in [1.165, 1.54) is 6.07 Å². The molecule has 3 aromatic rings. The second kappa shape index (κ2) is 5.46. The second-order valence-corrected chi connectivity index (χ2v) is 4.78. The molecule has 0 bridgehead atoms. The molecule has 0 radical (unpaired) electrons. The molecule has 0 saturated carbocycles. The molecule has 1 heterocycles. The summed E-state index contributed by atoms with van der Waals surface area (Å²) in [6, 6.07) is 14.7. The number of rotatable bonds is 3. The van der Waals surface area contributed by atoms with Crippen molar-refractivity contribution in [2.24, 2.45) is 5.73 Å². The molecular weight excluding hydrogens is 267 g/mol. The predicted octanol–water partition coefficient (Wildman–Crippen LogP) is 2.84. The molecule has 3 rings (SSSR count). The zero-order valence-electron chi connectivity index (χ0n) is 11.6. The Balaban J connectivity index is 2.20. The Morgan fingerprint density at radius 1 is 1.10 bits per heavy atom. The third-order valence-corrected chi connectivity index (χ3v) is 3.36. The van der Waals surface area contributed by atoms with Gasteiger partial charge in [0.15, 0.2) is 11.6 Å². The van der Waals surface area contributed by atoms with Crippen molar-refractivity contribution in [2.45, 2.75) is 13.5 Å². The number of halogens is 1. The average Bonchev–Trinajstić information content (AvgIpc) is 2.95. The van der Waals surface area contributed by atoms with E-state index >= 15 is 0 Å². The first kappa shape index (κ1) is 13.5. The van der Waals surface area contributed by atoms with Crippen LogP contribution in [-0.2, 0) is 6.54 Å². The number of aryl methyl sites for hydroxylation is 1. The molecular formula is C16H15FN4. The minimum Gasteiger partial charge on any atom is -0.324 e. The van der Waals surface area contributed by atoms with Crippen LogP contribution in [0.1, 0.15) is 11.4 Å². The SMILES string of the molecule is Cc1ccc(-c2nnc(CN)n2-c2ccccc2)cc1F. The van der Waals surface area contributed by atoms with Crippen molar-refractivity contribution >= 4 is 0 Å². The molecule has 0 aliphatic carbocycles. The molecule has 21 heavy (non-hydrogen) atoms. The quantitative estimate of drug-likeness (QED) is 0.803. The fraction of sp³-hybridized carbons (Fsp3) is 0.125. The minimum absolute atomic E-state index is 0.260. The molecule has 106 valence electrons. The van der Waals surface area contributed by atoms with Crippen molar-refractivity contribution in [3.8, 4) is 17.1 Å². The first-order valence-electron chi connectivity index (χ1n) is 6.67. The predicted molar refractivity (Wildman–Crippen MR) is 79.4 cm³/mol. The normalized spacial score (nSPS) is 10.8. The topological polar surface area (TPSA) is 56.7 Å². The highest BCUT2D eigenvalue weighted by molar-refractivity contribution is 5.59. The summed E-state index contributed by atoms with van der Waals surface area (Å²) < 4.78 is 15.7. The van der Waals surface area contributed by atoms with Crippen LogP contribution in [0.2, 0.25) is 0 Å². The van der Waals surface area contributed by atoms with Crippen LogP contribution in [0.15, 0.2) is 48.5 Å². The van der Waals surface area contributed by atoms with Crippen LogP contribution in [0.4, 0.5) is 4.39 Å². The Morgan fingerprint density at radius 3 is 2.52 bits per heavy atom. The van der Waals surface area contributed by atoms with Gasteiger partial charge in [-0.3, -0.25) is 4.57 Å². The molecule has 0 fully saturated rings. The van der Waals surface area contributed by atoms with E-state index in [-0.39, 0.29) is 12.4 Å². The number of para-hydroxylation sites is 1. The van der Waals surface area contributed by atoms with Crippen LogP contribution in [0.5, 0.6) is 0 Å². The van der Waals surface area contributed by atoms with Gasteiger partial charge in [-0.25, -0.2) is 4.39 Å². The molecule has 0 unspecified atom stereocenters. The van der Waals surface area contributed by atoms with Crippen LogP contribution in [0.3, 0.4) is 0 Å². The number of aromatic nitrogens is 3. The molecule has 0 amide bonds. The van der Waals surface area contributed by atoms with Crippen molar-refractivity contribution in [3.63, 3.8) is 0 Å². The highest BCUT2D eigenvalue weighted by Crippen LogP contribution is 2.24. The fourth-order valence-electron chi connectivity index (χ4n) is 2.22. The summed E-state index contributed by atoms with van der Waals surface area (Å²) >= 11 is 0. The molecule has 2 aromatic carbocycles. The van der Waals surface area contributed by atoms with E-state index in [0.29, 0.717) is 22.8 Å². The molecule has 1 aromatic heterocycles. The van der Waals surface area contributed by atoms with Crippen LogP contribution < -0.4 is 5.73 Å². The van der Waals surface area contributed by atoms with E-state index in [4.69, 9.17) is 5.73 Å². The molecule has 0 aliphatic rings. The summed E-state index contributed by atoms with van der Waals surface area (Å²) in [5.41, 5.74) is 7.91. The van der Waals surface area contributed by atoms with Gasteiger partial charge in [0.2, 0.25) is 0 Å². The second-order valence-electron chi connectivity index (χ2n) is 4.78. The number of hydrogen-bond donors (Lipinski definition) is 1. The van der Waals surface area contributed by atoms with Gasteiger partial charge < -0.3 is 5.73 Å². The maximum atomic E-state index is 13.8. The van der Waals surface area contributed by atoms with Gasteiger partial charge >= 0.3 is 0 Å². The van der Waals surface area contributed by atoms with E-state index in [1.54, 1.807) is 13.0 Å². The Morgan fingerprint density at radius 2 is 1.86 bits per heavy atom. The molecule has 2 N–H and O–H groups in total. The average molecular weight is 282 g/mol. The Kier molecular flexibility index (Phi) is 3.50. The van der Waals surface area contributed by atoms with Gasteiger partial charge in [-0.05, 0) is 30.7 Å². The maximum absolute atomic E-state index is 13.8. The summed E-state index contributed by atoms with van der Waals surface area (Å²) in [6.45, 7) is 1.99. The highest BCUT2D eigenvalue weighted by Gasteiger charge is 2.15. The molecule has 5 heteroatoms. The van der Waals surface area contributed by atoms with Crippen LogP contribution >= 0.6 is 0 Å². The Bertz CT molecular complexity index is 765. The summed E-state index contributed by atoms with van der Waals surface area (Å²) in [5, 5.41) is 8.28. The molecule has 0 atom stereocenters. The van der Waals surface area contributed by atoms with Gasteiger partial charge in [-0.1, -0.05) is 30.3 Å². The van der Waals surface area contributed by atoms with Gasteiger partial charge in [-0.15, -0.1) is 10.2 Å². The fourth-order valence-corrected chi connectivity index (χ4v) is 2.22. The first-order chi connectivity index (χ1) is 10.2. The van der Waals surface area contributed by atoms with Crippen LogP contribution in [0, 0.1) is 12.7 Å². The van der Waals surface area contributed by atoms with E-state index < -0.39 is 0 Å². The van der Waals surface area contributed by atoms with Crippen molar-refractivity contribution in [3.05, 3.63) is 65.7 Å². The lowest BCUT2D eigenvalue weighted by molar-refractivity contribution is 0.619. The molecule has 0 aliphatic heterocycles. The number of nitrogens with zero attached hydrogens (tertiary/aromatic N) is 3. The van der Waals surface area contributed by atoms with Crippen molar-refractivity contribution in [2.75, 3.05) is 0 Å². The van der Waals surface area contributed by atoms with E-state index in [0.717, 1.165) is 5.69 Å². The standard InChI is InChI=1S/C16H15FN4/c1-11-7-8-12(9-14(11)17)16-20-19-15(10-18)21(16)13-5-3-2-4-6-13/h2-9H,10,18H2,1H3. The van der Waals surface area contributed by atoms with Crippen molar-refractivity contribution in [1.29, 1.82) is 0 Å². The maximum Gasteiger partial charge on any atom is 0.168 e. The molecule has 0 saturated heterocycles. The summed E-state index contributed by atoms with van der Waals surface area (Å²) in [7, 11) is 0. The molecule has 0 spiro atoms. The molecule has 4 nitrogen and oxygen atoms in total. The first-order valence-corrected chi connectivity index (χ1v) is 6.67. The van der Waals surface area contributed by atoms with Crippen molar-refractivity contribution in [1.82, 2.24) is 14.8 Å².